The van der Waals surface area contributed by atoms with Gasteiger partial charge in [0, 0.05) is 18.3 Å². The van der Waals surface area contributed by atoms with Crippen LogP contribution in [0.4, 0.5) is 0 Å². The standard InChI is InChI=1S/C16H24ClNO/c1-3-5-15(6-4-2)16(19)18-12-14-9-7-13(11-17)8-10-14/h7-10,15H,3-6,11-12H2,1-2H3,(H,18,19). The third-order valence-corrected chi connectivity index (χ3v) is 3.60. The van der Waals surface area contributed by atoms with Crippen molar-refractivity contribution in [3.05, 3.63) is 35.4 Å². The fraction of sp³-hybridized carbons (Fsp3) is 0.562. The van der Waals surface area contributed by atoms with E-state index in [1.54, 1.807) is 0 Å². The molecule has 0 aliphatic heterocycles. The van der Waals surface area contributed by atoms with Crippen LogP contribution in [0.15, 0.2) is 24.3 Å². The molecule has 0 bridgehead atoms. The van der Waals surface area contributed by atoms with E-state index in [0.717, 1.165) is 36.8 Å². The average Bonchev–Trinajstić information content (AvgIpc) is 2.45. The molecule has 0 atom stereocenters. The van der Waals surface area contributed by atoms with Crippen LogP contribution < -0.4 is 5.32 Å². The monoisotopic (exact) mass is 281 g/mol. The minimum absolute atomic E-state index is 0.164. The van der Waals surface area contributed by atoms with Crippen molar-refractivity contribution in [2.24, 2.45) is 5.92 Å². The van der Waals surface area contributed by atoms with Gasteiger partial charge in [-0.1, -0.05) is 51.0 Å². The summed E-state index contributed by atoms with van der Waals surface area (Å²) >= 11 is 5.75. The van der Waals surface area contributed by atoms with Gasteiger partial charge >= 0.3 is 0 Å². The van der Waals surface area contributed by atoms with Gasteiger partial charge in [0.05, 0.1) is 0 Å². The van der Waals surface area contributed by atoms with Crippen LogP contribution in [-0.2, 0) is 17.2 Å². The molecule has 3 heteroatoms. The number of nitrogens with one attached hydrogen (secondary N) is 1. The lowest BCUT2D eigenvalue weighted by atomic mass is 9.97. The lowest BCUT2D eigenvalue weighted by Crippen LogP contribution is -2.30. The molecule has 0 aromatic heterocycles. The van der Waals surface area contributed by atoms with Crippen molar-refractivity contribution >= 4 is 17.5 Å². The van der Waals surface area contributed by atoms with E-state index in [0.29, 0.717) is 12.4 Å². The molecule has 0 radical (unpaired) electrons. The van der Waals surface area contributed by atoms with Gasteiger partial charge in [0.1, 0.15) is 0 Å². The molecule has 1 amide bonds. The van der Waals surface area contributed by atoms with Crippen molar-refractivity contribution in [3.8, 4) is 0 Å². The summed E-state index contributed by atoms with van der Waals surface area (Å²) in [6.07, 6.45) is 4.07. The first-order valence-corrected chi connectivity index (χ1v) is 7.66. The molecule has 1 rings (SSSR count). The van der Waals surface area contributed by atoms with Gasteiger partial charge in [0.2, 0.25) is 5.91 Å². The number of alkyl halides is 1. The first-order valence-electron chi connectivity index (χ1n) is 7.12. The Morgan fingerprint density at radius 1 is 1.11 bits per heavy atom. The molecule has 0 aliphatic carbocycles. The summed E-state index contributed by atoms with van der Waals surface area (Å²) in [6.45, 7) is 4.85. The lowest BCUT2D eigenvalue weighted by molar-refractivity contribution is -0.125. The first kappa shape index (κ1) is 16.0. The zero-order valence-electron chi connectivity index (χ0n) is 11.9. The Labute approximate surface area is 121 Å². The van der Waals surface area contributed by atoms with Crippen molar-refractivity contribution < 1.29 is 4.79 Å². The lowest BCUT2D eigenvalue weighted by Gasteiger charge is -2.15. The Balaban J connectivity index is 2.46. The Morgan fingerprint density at radius 2 is 1.63 bits per heavy atom. The maximum atomic E-state index is 12.1. The summed E-state index contributed by atoms with van der Waals surface area (Å²) in [5, 5.41) is 3.03. The van der Waals surface area contributed by atoms with E-state index < -0.39 is 0 Å². The second-order valence-electron chi connectivity index (χ2n) is 4.94. The maximum Gasteiger partial charge on any atom is 0.223 e. The Kier molecular flexibility index (Phi) is 7.57. The van der Waals surface area contributed by atoms with Gasteiger partial charge in [-0.2, -0.15) is 0 Å². The fourth-order valence-electron chi connectivity index (χ4n) is 2.18. The van der Waals surface area contributed by atoms with Crippen molar-refractivity contribution in [2.45, 2.75) is 52.0 Å². The Morgan fingerprint density at radius 3 is 2.11 bits per heavy atom. The van der Waals surface area contributed by atoms with E-state index in [9.17, 15) is 4.79 Å². The quantitative estimate of drug-likeness (QED) is 0.709. The number of benzene rings is 1. The molecule has 19 heavy (non-hydrogen) atoms. The molecule has 0 fully saturated rings. The highest BCUT2D eigenvalue weighted by Gasteiger charge is 2.15. The third-order valence-electron chi connectivity index (χ3n) is 3.29. The molecule has 1 aromatic rings. The molecule has 0 saturated carbocycles. The molecule has 0 unspecified atom stereocenters. The van der Waals surface area contributed by atoms with Crippen LogP contribution in [0.3, 0.4) is 0 Å². The highest BCUT2D eigenvalue weighted by Crippen LogP contribution is 2.14. The number of carbonyl (C=O) groups excluding carboxylic acids is 1. The molecule has 2 nitrogen and oxygen atoms in total. The van der Waals surface area contributed by atoms with Gasteiger partial charge in [0.15, 0.2) is 0 Å². The average molecular weight is 282 g/mol. The molecule has 0 heterocycles. The van der Waals surface area contributed by atoms with Crippen LogP contribution in [0.5, 0.6) is 0 Å². The summed E-state index contributed by atoms with van der Waals surface area (Å²) in [5.74, 6) is 0.879. The number of carbonyl (C=O) groups is 1. The molecule has 0 saturated heterocycles. The van der Waals surface area contributed by atoms with E-state index in [2.05, 4.69) is 19.2 Å². The van der Waals surface area contributed by atoms with Gasteiger partial charge in [-0.05, 0) is 24.0 Å². The molecule has 1 aromatic carbocycles. The number of amides is 1. The Bertz CT molecular complexity index is 369. The van der Waals surface area contributed by atoms with Gasteiger partial charge in [-0.25, -0.2) is 0 Å². The molecule has 0 aliphatic rings. The molecular formula is C16H24ClNO. The van der Waals surface area contributed by atoms with Crippen LogP contribution in [0.25, 0.3) is 0 Å². The van der Waals surface area contributed by atoms with Crippen LogP contribution in [0.2, 0.25) is 0 Å². The summed E-state index contributed by atoms with van der Waals surface area (Å²) in [5.41, 5.74) is 2.22. The van der Waals surface area contributed by atoms with E-state index in [-0.39, 0.29) is 11.8 Å². The van der Waals surface area contributed by atoms with Gasteiger partial charge in [-0.15, -0.1) is 11.6 Å². The predicted molar refractivity (Wildman–Crippen MR) is 81.2 cm³/mol. The Hall–Kier alpha value is -1.02. The fourth-order valence-corrected chi connectivity index (χ4v) is 2.36. The van der Waals surface area contributed by atoms with Crippen molar-refractivity contribution in [3.63, 3.8) is 0 Å². The molecular weight excluding hydrogens is 258 g/mol. The molecule has 1 N–H and O–H groups in total. The first-order chi connectivity index (χ1) is 9.21. The minimum atomic E-state index is 0.164. The van der Waals surface area contributed by atoms with Crippen LogP contribution >= 0.6 is 11.6 Å². The summed E-state index contributed by atoms with van der Waals surface area (Å²) in [6, 6.07) is 8.05. The van der Waals surface area contributed by atoms with Crippen LogP contribution in [0, 0.1) is 5.92 Å². The largest absolute Gasteiger partial charge is 0.352 e. The number of hydrogen-bond donors (Lipinski definition) is 1. The van der Waals surface area contributed by atoms with Gasteiger partial charge in [0.25, 0.3) is 0 Å². The second kappa shape index (κ2) is 8.98. The zero-order valence-corrected chi connectivity index (χ0v) is 12.7. The van der Waals surface area contributed by atoms with Crippen LogP contribution in [-0.4, -0.2) is 5.91 Å². The van der Waals surface area contributed by atoms with Gasteiger partial charge in [-0.3, -0.25) is 4.79 Å². The van der Waals surface area contributed by atoms with E-state index in [1.165, 1.54) is 0 Å². The topological polar surface area (TPSA) is 29.1 Å². The maximum absolute atomic E-state index is 12.1. The molecule has 106 valence electrons. The zero-order chi connectivity index (χ0) is 14.1. The number of halogens is 1. The predicted octanol–water partition coefficient (Wildman–Crippen LogP) is 4.26. The van der Waals surface area contributed by atoms with Gasteiger partial charge < -0.3 is 5.32 Å². The highest BCUT2D eigenvalue weighted by atomic mass is 35.5. The van der Waals surface area contributed by atoms with E-state index in [1.807, 2.05) is 24.3 Å². The minimum Gasteiger partial charge on any atom is -0.352 e. The molecule has 0 spiro atoms. The SMILES string of the molecule is CCCC(CCC)C(=O)NCc1ccc(CCl)cc1. The van der Waals surface area contributed by atoms with Crippen molar-refractivity contribution in [2.75, 3.05) is 0 Å². The van der Waals surface area contributed by atoms with E-state index >= 15 is 0 Å². The van der Waals surface area contributed by atoms with Crippen LogP contribution in [0.1, 0.15) is 50.7 Å². The van der Waals surface area contributed by atoms with Crippen molar-refractivity contribution in [1.29, 1.82) is 0 Å². The third kappa shape index (κ3) is 5.65. The number of hydrogen-bond acceptors (Lipinski definition) is 1. The summed E-state index contributed by atoms with van der Waals surface area (Å²) < 4.78 is 0. The smallest absolute Gasteiger partial charge is 0.223 e. The number of rotatable bonds is 8. The van der Waals surface area contributed by atoms with Crippen molar-refractivity contribution in [1.82, 2.24) is 5.32 Å². The summed E-state index contributed by atoms with van der Waals surface area (Å²) in [7, 11) is 0. The second-order valence-corrected chi connectivity index (χ2v) is 5.21. The summed E-state index contributed by atoms with van der Waals surface area (Å²) in [4.78, 5) is 12.1. The highest BCUT2D eigenvalue weighted by molar-refractivity contribution is 6.17. The van der Waals surface area contributed by atoms with E-state index in [4.69, 9.17) is 11.6 Å². The normalized spacial score (nSPS) is 10.7.